The largest absolute Gasteiger partial charge is 0.366 e. The lowest BCUT2D eigenvalue weighted by Crippen LogP contribution is -2.15. The van der Waals surface area contributed by atoms with Crippen LogP contribution in [-0.2, 0) is 6.54 Å². The van der Waals surface area contributed by atoms with Gasteiger partial charge >= 0.3 is 5.69 Å². The Labute approximate surface area is 162 Å². The van der Waals surface area contributed by atoms with Crippen LogP contribution in [0.25, 0.3) is 16.9 Å². The molecule has 5 heteroatoms. The first kappa shape index (κ1) is 17.2. The van der Waals surface area contributed by atoms with E-state index in [9.17, 15) is 4.79 Å². The van der Waals surface area contributed by atoms with Crippen molar-refractivity contribution in [2.75, 3.05) is 5.32 Å². The van der Waals surface area contributed by atoms with Crippen molar-refractivity contribution >= 4 is 17.4 Å². The van der Waals surface area contributed by atoms with Crippen LogP contribution in [0.3, 0.4) is 0 Å². The molecule has 3 aromatic carbocycles. The van der Waals surface area contributed by atoms with Gasteiger partial charge in [0.1, 0.15) is 5.82 Å². The van der Waals surface area contributed by atoms with Gasteiger partial charge in [0.15, 0.2) is 0 Å². The quantitative estimate of drug-likeness (QED) is 0.510. The molecule has 0 radical (unpaired) electrons. The van der Waals surface area contributed by atoms with Crippen molar-refractivity contribution in [3.05, 3.63) is 106 Å². The fourth-order valence-electron chi connectivity index (χ4n) is 3.06. The van der Waals surface area contributed by atoms with Crippen molar-refractivity contribution in [2.45, 2.75) is 6.54 Å². The van der Waals surface area contributed by atoms with Crippen LogP contribution in [-0.4, -0.2) is 9.55 Å². The van der Waals surface area contributed by atoms with Crippen LogP contribution in [0.1, 0.15) is 5.56 Å². The maximum Gasteiger partial charge on any atom is 0.332 e. The Morgan fingerprint density at radius 1 is 0.852 bits per heavy atom. The molecule has 0 saturated carbocycles. The third kappa shape index (κ3) is 3.66. The third-order valence-corrected chi connectivity index (χ3v) is 4.59. The Hall–Kier alpha value is -3.24. The molecule has 1 heterocycles. The van der Waals surface area contributed by atoms with E-state index in [-0.39, 0.29) is 5.69 Å². The second-order valence-corrected chi connectivity index (χ2v) is 6.61. The van der Waals surface area contributed by atoms with Gasteiger partial charge in [-0.3, -0.25) is 9.55 Å². The van der Waals surface area contributed by atoms with E-state index in [4.69, 9.17) is 11.6 Å². The maximum atomic E-state index is 12.8. The Morgan fingerprint density at radius 2 is 1.48 bits per heavy atom. The molecular weight excluding hydrogens is 358 g/mol. The lowest BCUT2D eigenvalue weighted by Gasteiger charge is -2.11. The van der Waals surface area contributed by atoms with E-state index in [1.165, 1.54) is 0 Å². The SMILES string of the molecule is O=c1[nH]c(NCc2ccccc2)c(-c2ccccc2)n1-c1ccc(Cl)cc1. The fraction of sp³-hybridized carbons (Fsp3) is 0.0455. The predicted octanol–water partition coefficient (Wildman–Crippen LogP) is 5.10. The summed E-state index contributed by atoms with van der Waals surface area (Å²) in [6.07, 6.45) is 0. The van der Waals surface area contributed by atoms with Crippen LogP contribution in [0.15, 0.2) is 89.7 Å². The van der Waals surface area contributed by atoms with Crippen molar-refractivity contribution in [2.24, 2.45) is 0 Å². The summed E-state index contributed by atoms with van der Waals surface area (Å²) < 4.78 is 1.67. The van der Waals surface area contributed by atoms with Crippen molar-refractivity contribution in [3.8, 4) is 16.9 Å². The molecule has 4 nitrogen and oxygen atoms in total. The summed E-state index contributed by atoms with van der Waals surface area (Å²) in [6, 6.07) is 27.2. The average molecular weight is 376 g/mol. The normalized spacial score (nSPS) is 10.7. The average Bonchev–Trinajstić information content (AvgIpc) is 3.04. The van der Waals surface area contributed by atoms with Crippen LogP contribution in [0, 0.1) is 0 Å². The standard InChI is InChI=1S/C22H18ClN3O/c23-18-11-13-19(14-12-18)26-20(17-9-5-2-6-10-17)21(25-22(26)27)24-15-16-7-3-1-4-8-16/h1-14,24H,15H2,(H,25,27). The van der Waals surface area contributed by atoms with Gasteiger partial charge in [0.2, 0.25) is 0 Å². The number of nitrogens with one attached hydrogen (secondary N) is 2. The van der Waals surface area contributed by atoms with E-state index in [0.717, 1.165) is 22.5 Å². The van der Waals surface area contributed by atoms with Crippen LogP contribution in [0.2, 0.25) is 5.02 Å². The van der Waals surface area contributed by atoms with Crippen molar-refractivity contribution in [1.29, 1.82) is 0 Å². The van der Waals surface area contributed by atoms with Crippen LogP contribution in [0.4, 0.5) is 5.82 Å². The van der Waals surface area contributed by atoms with Crippen LogP contribution in [0.5, 0.6) is 0 Å². The van der Waals surface area contributed by atoms with Gasteiger partial charge in [-0.1, -0.05) is 72.3 Å². The summed E-state index contributed by atoms with van der Waals surface area (Å²) in [5.41, 5.74) is 3.43. The molecule has 0 unspecified atom stereocenters. The first-order chi connectivity index (χ1) is 13.2. The maximum absolute atomic E-state index is 12.8. The zero-order chi connectivity index (χ0) is 18.6. The number of benzene rings is 3. The number of aromatic nitrogens is 2. The van der Waals surface area contributed by atoms with Gasteiger partial charge in [0.25, 0.3) is 0 Å². The minimum Gasteiger partial charge on any atom is -0.366 e. The van der Waals surface area contributed by atoms with Gasteiger partial charge in [0, 0.05) is 17.1 Å². The highest BCUT2D eigenvalue weighted by atomic mass is 35.5. The summed E-state index contributed by atoms with van der Waals surface area (Å²) in [4.78, 5) is 15.7. The monoisotopic (exact) mass is 375 g/mol. The van der Waals surface area contributed by atoms with E-state index in [1.807, 2.05) is 72.8 Å². The van der Waals surface area contributed by atoms with E-state index in [2.05, 4.69) is 10.3 Å². The van der Waals surface area contributed by atoms with Gasteiger partial charge in [-0.05, 0) is 29.8 Å². The minimum absolute atomic E-state index is 0.202. The summed E-state index contributed by atoms with van der Waals surface area (Å²) in [5.74, 6) is 0.685. The molecule has 134 valence electrons. The van der Waals surface area contributed by atoms with Crippen molar-refractivity contribution < 1.29 is 0 Å². The molecule has 0 aliphatic rings. The van der Waals surface area contributed by atoms with E-state index >= 15 is 0 Å². The number of nitrogens with zero attached hydrogens (tertiary/aromatic N) is 1. The topological polar surface area (TPSA) is 49.8 Å². The number of halogens is 1. The number of hydrogen-bond donors (Lipinski definition) is 2. The molecule has 0 atom stereocenters. The first-order valence-electron chi connectivity index (χ1n) is 8.66. The Bertz CT molecular complexity index is 1080. The second-order valence-electron chi connectivity index (χ2n) is 6.17. The van der Waals surface area contributed by atoms with Gasteiger partial charge in [-0.25, -0.2) is 4.79 Å². The molecule has 0 bridgehead atoms. The number of anilines is 1. The molecule has 1 aromatic heterocycles. The molecule has 4 rings (SSSR count). The molecule has 2 N–H and O–H groups in total. The summed E-state index contributed by atoms with van der Waals surface area (Å²) in [7, 11) is 0. The molecule has 0 spiro atoms. The highest BCUT2D eigenvalue weighted by molar-refractivity contribution is 6.30. The first-order valence-corrected chi connectivity index (χ1v) is 9.04. The van der Waals surface area contributed by atoms with Crippen LogP contribution < -0.4 is 11.0 Å². The molecule has 0 fully saturated rings. The molecule has 27 heavy (non-hydrogen) atoms. The van der Waals surface area contributed by atoms with E-state index < -0.39 is 0 Å². The lowest BCUT2D eigenvalue weighted by atomic mass is 10.1. The number of imidazole rings is 1. The summed E-state index contributed by atoms with van der Waals surface area (Å²) in [5, 5.41) is 4.00. The molecule has 4 aromatic rings. The number of hydrogen-bond acceptors (Lipinski definition) is 2. The predicted molar refractivity (Wildman–Crippen MR) is 111 cm³/mol. The van der Waals surface area contributed by atoms with Gasteiger partial charge < -0.3 is 5.32 Å². The Morgan fingerprint density at radius 3 is 2.15 bits per heavy atom. The van der Waals surface area contributed by atoms with Gasteiger partial charge in [-0.2, -0.15) is 0 Å². The number of rotatable bonds is 5. The van der Waals surface area contributed by atoms with Crippen LogP contribution >= 0.6 is 11.6 Å². The fourth-order valence-corrected chi connectivity index (χ4v) is 3.18. The van der Waals surface area contributed by atoms with E-state index in [1.54, 1.807) is 16.7 Å². The smallest absolute Gasteiger partial charge is 0.332 e. The zero-order valence-corrected chi connectivity index (χ0v) is 15.3. The summed E-state index contributed by atoms with van der Waals surface area (Å²) >= 11 is 6.01. The van der Waals surface area contributed by atoms with Crippen molar-refractivity contribution in [1.82, 2.24) is 9.55 Å². The Balaban J connectivity index is 1.80. The molecule has 0 amide bonds. The van der Waals surface area contributed by atoms with E-state index in [0.29, 0.717) is 17.4 Å². The number of H-pyrrole nitrogens is 1. The van der Waals surface area contributed by atoms with Gasteiger partial charge in [0.05, 0.1) is 11.4 Å². The Kier molecular flexibility index (Phi) is 4.81. The third-order valence-electron chi connectivity index (χ3n) is 4.34. The second kappa shape index (κ2) is 7.56. The molecule has 0 aliphatic carbocycles. The van der Waals surface area contributed by atoms with Crippen molar-refractivity contribution in [3.63, 3.8) is 0 Å². The molecule has 0 saturated heterocycles. The highest BCUT2D eigenvalue weighted by Crippen LogP contribution is 2.28. The lowest BCUT2D eigenvalue weighted by molar-refractivity contribution is 0.993. The number of aromatic amines is 1. The zero-order valence-electron chi connectivity index (χ0n) is 14.5. The highest BCUT2D eigenvalue weighted by Gasteiger charge is 2.17. The summed E-state index contributed by atoms with van der Waals surface area (Å²) in [6.45, 7) is 0.612. The minimum atomic E-state index is -0.202. The van der Waals surface area contributed by atoms with Gasteiger partial charge in [-0.15, -0.1) is 0 Å². The molecule has 0 aliphatic heterocycles. The molecular formula is C22H18ClN3O.